The number of anilines is 1. The Morgan fingerprint density at radius 3 is 2.33 bits per heavy atom. The van der Waals surface area contributed by atoms with E-state index >= 15 is 0 Å². The Hall–Kier alpha value is -2.45. The van der Waals surface area contributed by atoms with E-state index in [0.29, 0.717) is 28.6 Å². The maximum atomic E-state index is 12.8. The van der Waals surface area contributed by atoms with E-state index in [1.54, 1.807) is 43.3 Å². The minimum Gasteiger partial charge on any atom is -0.497 e. The molecule has 0 aliphatic carbocycles. The molecule has 164 valence electrons. The highest BCUT2D eigenvalue weighted by atomic mass is 35.5. The quantitative estimate of drug-likeness (QED) is 0.556. The Morgan fingerprint density at radius 2 is 1.80 bits per heavy atom. The second kappa shape index (κ2) is 10.5. The lowest BCUT2D eigenvalue weighted by molar-refractivity contribution is -0.122. The molecule has 2 rings (SSSR count). The molecular weight excluding hydrogens is 428 g/mol. The predicted octanol–water partition coefficient (Wildman–Crippen LogP) is 3.40. The van der Waals surface area contributed by atoms with Gasteiger partial charge in [-0.05, 0) is 55.3 Å². The van der Waals surface area contributed by atoms with Gasteiger partial charge in [0.25, 0.3) is 0 Å². The maximum Gasteiger partial charge on any atom is 0.244 e. The molecule has 0 spiro atoms. The van der Waals surface area contributed by atoms with Crippen LogP contribution in [-0.2, 0) is 14.8 Å². The standard InChI is InChI=1S/C21H27ClN2O5S/c1-5-20(24(30(4,26)27)16-7-10-17(28-3)11-8-16)21(25)23-12-13-29-18-9-6-15(2)19(22)14-18/h6-11,14,20H,5,12-13H2,1-4H3,(H,23,25)/t20-/m0/s1. The molecular formula is C21H27ClN2O5S. The van der Waals surface area contributed by atoms with Crippen LogP contribution in [0, 0.1) is 6.92 Å². The summed E-state index contributed by atoms with van der Waals surface area (Å²) in [6.45, 7) is 4.11. The number of amides is 1. The molecule has 0 fully saturated rings. The zero-order valence-electron chi connectivity index (χ0n) is 17.5. The van der Waals surface area contributed by atoms with Gasteiger partial charge in [-0.25, -0.2) is 8.42 Å². The summed E-state index contributed by atoms with van der Waals surface area (Å²) in [6.07, 6.45) is 1.39. The van der Waals surface area contributed by atoms with Crippen LogP contribution >= 0.6 is 11.6 Å². The molecule has 0 bridgehead atoms. The number of benzene rings is 2. The Morgan fingerprint density at radius 1 is 1.17 bits per heavy atom. The largest absolute Gasteiger partial charge is 0.497 e. The molecule has 2 aromatic carbocycles. The lowest BCUT2D eigenvalue weighted by Crippen LogP contribution is -2.50. The fourth-order valence-electron chi connectivity index (χ4n) is 2.91. The molecule has 1 amide bonds. The third kappa shape index (κ3) is 6.27. The molecule has 0 aliphatic rings. The van der Waals surface area contributed by atoms with Crippen molar-refractivity contribution in [2.24, 2.45) is 0 Å². The normalized spacial score (nSPS) is 12.2. The third-order valence-corrected chi connectivity index (χ3v) is 6.06. The molecule has 0 unspecified atom stereocenters. The summed E-state index contributed by atoms with van der Waals surface area (Å²) in [4.78, 5) is 12.8. The highest BCUT2D eigenvalue weighted by Crippen LogP contribution is 2.25. The first-order chi connectivity index (χ1) is 14.2. The summed E-state index contributed by atoms with van der Waals surface area (Å²) in [5.74, 6) is 0.797. The molecule has 9 heteroatoms. The number of carbonyl (C=O) groups is 1. The minimum absolute atomic E-state index is 0.223. The SMILES string of the molecule is CC[C@@H](C(=O)NCCOc1ccc(C)c(Cl)c1)N(c1ccc(OC)cc1)S(C)(=O)=O. The molecule has 0 heterocycles. The number of hydrogen-bond acceptors (Lipinski definition) is 5. The number of nitrogens with one attached hydrogen (secondary N) is 1. The summed E-state index contributed by atoms with van der Waals surface area (Å²) in [7, 11) is -2.16. The Bertz CT molecular complexity index is 964. The Kier molecular flexibility index (Phi) is 8.37. The first kappa shape index (κ1) is 23.8. The van der Waals surface area contributed by atoms with Gasteiger partial charge in [-0.1, -0.05) is 24.6 Å². The number of hydrogen-bond donors (Lipinski definition) is 1. The van der Waals surface area contributed by atoms with E-state index in [2.05, 4.69) is 5.32 Å². The summed E-state index contributed by atoms with van der Waals surface area (Å²) >= 11 is 6.07. The average Bonchev–Trinajstić information content (AvgIpc) is 2.71. The molecule has 0 aliphatic heterocycles. The maximum absolute atomic E-state index is 12.8. The second-order valence-electron chi connectivity index (χ2n) is 6.73. The topological polar surface area (TPSA) is 84.9 Å². The van der Waals surface area contributed by atoms with Crippen molar-refractivity contribution in [2.45, 2.75) is 26.3 Å². The summed E-state index contributed by atoms with van der Waals surface area (Å²) < 4.78 is 36.7. The number of methoxy groups -OCH3 is 1. The van der Waals surface area contributed by atoms with E-state index in [4.69, 9.17) is 21.1 Å². The van der Waals surface area contributed by atoms with Crippen molar-refractivity contribution in [3.63, 3.8) is 0 Å². The third-order valence-electron chi connectivity index (χ3n) is 4.47. The van der Waals surface area contributed by atoms with E-state index in [9.17, 15) is 13.2 Å². The van der Waals surface area contributed by atoms with Crippen molar-refractivity contribution in [3.8, 4) is 11.5 Å². The van der Waals surface area contributed by atoms with Crippen LogP contribution in [0.5, 0.6) is 11.5 Å². The Balaban J connectivity index is 2.04. The van der Waals surface area contributed by atoms with Gasteiger partial charge < -0.3 is 14.8 Å². The van der Waals surface area contributed by atoms with Crippen molar-refractivity contribution >= 4 is 33.2 Å². The van der Waals surface area contributed by atoms with Crippen LogP contribution in [0.25, 0.3) is 0 Å². The van der Waals surface area contributed by atoms with Gasteiger partial charge >= 0.3 is 0 Å². The van der Waals surface area contributed by atoms with Crippen LogP contribution in [0.1, 0.15) is 18.9 Å². The van der Waals surface area contributed by atoms with Crippen molar-refractivity contribution in [2.75, 3.05) is 30.8 Å². The molecule has 7 nitrogen and oxygen atoms in total. The number of halogens is 1. The van der Waals surface area contributed by atoms with E-state index in [1.807, 2.05) is 13.0 Å². The molecule has 2 aromatic rings. The molecule has 0 radical (unpaired) electrons. The molecule has 0 aromatic heterocycles. The van der Waals surface area contributed by atoms with Crippen LogP contribution < -0.4 is 19.1 Å². The van der Waals surface area contributed by atoms with E-state index in [1.165, 1.54) is 7.11 Å². The van der Waals surface area contributed by atoms with Gasteiger partial charge in [0, 0.05) is 5.02 Å². The lowest BCUT2D eigenvalue weighted by Gasteiger charge is -2.30. The fraction of sp³-hybridized carbons (Fsp3) is 0.381. The van der Waals surface area contributed by atoms with Crippen LogP contribution in [0.2, 0.25) is 5.02 Å². The highest BCUT2D eigenvalue weighted by molar-refractivity contribution is 7.92. The van der Waals surface area contributed by atoms with Crippen LogP contribution in [0.3, 0.4) is 0 Å². The van der Waals surface area contributed by atoms with Crippen molar-refractivity contribution < 1.29 is 22.7 Å². The van der Waals surface area contributed by atoms with Crippen LogP contribution in [0.15, 0.2) is 42.5 Å². The van der Waals surface area contributed by atoms with Gasteiger partial charge in [0.2, 0.25) is 15.9 Å². The lowest BCUT2D eigenvalue weighted by atomic mass is 10.2. The molecule has 30 heavy (non-hydrogen) atoms. The van der Waals surface area contributed by atoms with Gasteiger partial charge in [0.1, 0.15) is 24.1 Å². The van der Waals surface area contributed by atoms with E-state index in [0.717, 1.165) is 16.1 Å². The summed E-state index contributed by atoms with van der Waals surface area (Å²) in [6, 6.07) is 11.0. The molecule has 1 atom stereocenters. The van der Waals surface area contributed by atoms with E-state index in [-0.39, 0.29) is 13.2 Å². The summed E-state index contributed by atoms with van der Waals surface area (Å²) in [5, 5.41) is 3.35. The monoisotopic (exact) mass is 454 g/mol. The first-order valence-electron chi connectivity index (χ1n) is 9.47. The van der Waals surface area contributed by atoms with Crippen molar-refractivity contribution in [3.05, 3.63) is 53.1 Å². The van der Waals surface area contributed by atoms with E-state index < -0.39 is 22.0 Å². The zero-order chi connectivity index (χ0) is 22.3. The summed E-state index contributed by atoms with van der Waals surface area (Å²) in [5.41, 5.74) is 1.34. The van der Waals surface area contributed by atoms with Crippen LogP contribution in [0.4, 0.5) is 5.69 Å². The zero-order valence-corrected chi connectivity index (χ0v) is 19.1. The van der Waals surface area contributed by atoms with Crippen molar-refractivity contribution in [1.29, 1.82) is 0 Å². The first-order valence-corrected chi connectivity index (χ1v) is 11.7. The number of sulfonamides is 1. The number of ether oxygens (including phenoxy) is 2. The second-order valence-corrected chi connectivity index (χ2v) is 9.00. The minimum atomic E-state index is -3.69. The molecule has 0 saturated carbocycles. The van der Waals surface area contributed by atoms with Gasteiger partial charge in [-0.15, -0.1) is 0 Å². The van der Waals surface area contributed by atoms with Gasteiger partial charge in [0.15, 0.2) is 0 Å². The highest BCUT2D eigenvalue weighted by Gasteiger charge is 2.31. The van der Waals surface area contributed by atoms with Gasteiger partial charge in [0.05, 0.1) is 25.6 Å². The Labute approximate surface area is 183 Å². The van der Waals surface area contributed by atoms with Gasteiger partial charge in [-0.3, -0.25) is 9.10 Å². The number of rotatable bonds is 10. The fourth-order valence-corrected chi connectivity index (χ4v) is 4.30. The molecule has 0 saturated heterocycles. The molecule has 1 N–H and O–H groups in total. The number of carbonyl (C=O) groups excluding carboxylic acids is 1. The van der Waals surface area contributed by atoms with Gasteiger partial charge in [-0.2, -0.15) is 0 Å². The smallest absolute Gasteiger partial charge is 0.244 e. The number of aryl methyl sites for hydroxylation is 1. The average molecular weight is 455 g/mol. The van der Waals surface area contributed by atoms with Crippen LogP contribution in [-0.4, -0.2) is 46.9 Å². The van der Waals surface area contributed by atoms with Crippen molar-refractivity contribution in [1.82, 2.24) is 5.32 Å². The number of nitrogens with zero attached hydrogens (tertiary/aromatic N) is 1. The predicted molar refractivity (Wildman–Crippen MR) is 119 cm³/mol.